The van der Waals surface area contributed by atoms with E-state index < -0.39 is 0 Å². The lowest BCUT2D eigenvalue weighted by atomic mass is 10.4. The average molecular weight is 322 g/mol. The second-order valence-corrected chi connectivity index (χ2v) is 6.00. The van der Waals surface area contributed by atoms with Gasteiger partial charge in [-0.2, -0.15) is 5.10 Å². The first-order valence-corrected chi connectivity index (χ1v) is 7.97. The lowest BCUT2D eigenvalue weighted by Crippen LogP contribution is -2.30. The number of halogens is 1. The zero-order chi connectivity index (χ0) is 15.9. The van der Waals surface area contributed by atoms with Gasteiger partial charge in [0.15, 0.2) is 0 Å². The van der Waals surface area contributed by atoms with Crippen molar-refractivity contribution < 1.29 is 9.18 Å². The van der Waals surface area contributed by atoms with Gasteiger partial charge in [0.1, 0.15) is 11.6 Å². The number of thioether (sulfide) groups is 1. The molecule has 1 heterocycles. The third kappa shape index (κ3) is 5.07. The molecule has 0 radical (unpaired) electrons. The van der Waals surface area contributed by atoms with Crippen molar-refractivity contribution in [3.05, 3.63) is 41.8 Å². The van der Waals surface area contributed by atoms with E-state index in [2.05, 4.69) is 15.7 Å². The second kappa shape index (κ2) is 7.84. The number of hydrogen-bond acceptors (Lipinski definition) is 3. The summed E-state index contributed by atoms with van der Waals surface area (Å²) in [7, 11) is 1.78. The highest BCUT2D eigenvalue weighted by Crippen LogP contribution is 2.18. The number of aryl methyl sites for hydroxylation is 2. The lowest BCUT2D eigenvalue weighted by molar-refractivity contribution is 0.252. The molecule has 0 saturated heterocycles. The van der Waals surface area contributed by atoms with Gasteiger partial charge in [-0.25, -0.2) is 9.18 Å². The molecular weight excluding hydrogens is 303 g/mol. The highest BCUT2D eigenvalue weighted by atomic mass is 32.2. The van der Waals surface area contributed by atoms with Crippen LogP contribution in [-0.2, 0) is 7.05 Å². The summed E-state index contributed by atoms with van der Waals surface area (Å²) >= 11 is 1.64. The number of anilines is 1. The van der Waals surface area contributed by atoms with Crippen LogP contribution < -0.4 is 10.6 Å². The summed E-state index contributed by atoms with van der Waals surface area (Å²) in [6.07, 6.45) is 0.833. The van der Waals surface area contributed by atoms with Crippen LogP contribution in [0.3, 0.4) is 0 Å². The van der Waals surface area contributed by atoms with Crippen LogP contribution in [0.15, 0.2) is 35.2 Å². The van der Waals surface area contributed by atoms with E-state index in [1.807, 2.05) is 13.0 Å². The largest absolute Gasteiger partial charge is 0.338 e. The van der Waals surface area contributed by atoms with Gasteiger partial charge in [-0.1, -0.05) is 0 Å². The maximum Gasteiger partial charge on any atom is 0.320 e. The van der Waals surface area contributed by atoms with Crippen LogP contribution in [0, 0.1) is 12.7 Å². The van der Waals surface area contributed by atoms with Crippen molar-refractivity contribution in [3.63, 3.8) is 0 Å². The van der Waals surface area contributed by atoms with Crippen molar-refractivity contribution >= 4 is 23.6 Å². The molecule has 0 saturated carbocycles. The summed E-state index contributed by atoms with van der Waals surface area (Å²) in [4.78, 5) is 12.8. The number of aromatic nitrogens is 2. The molecular formula is C15H19FN4OS. The lowest BCUT2D eigenvalue weighted by Gasteiger charge is -2.07. The molecule has 0 aliphatic rings. The summed E-state index contributed by atoms with van der Waals surface area (Å²) in [6, 6.07) is 7.97. The summed E-state index contributed by atoms with van der Waals surface area (Å²) in [5.74, 6) is 1.29. The van der Waals surface area contributed by atoms with E-state index in [0.717, 1.165) is 22.8 Å². The van der Waals surface area contributed by atoms with Gasteiger partial charge in [0.2, 0.25) is 0 Å². The molecule has 0 aliphatic carbocycles. The first-order chi connectivity index (χ1) is 10.5. The van der Waals surface area contributed by atoms with Gasteiger partial charge in [0, 0.05) is 24.6 Å². The summed E-state index contributed by atoms with van der Waals surface area (Å²) < 4.78 is 14.4. The molecule has 22 heavy (non-hydrogen) atoms. The third-order valence-electron chi connectivity index (χ3n) is 2.93. The Morgan fingerprint density at radius 1 is 1.36 bits per heavy atom. The van der Waals surface area contributed by atoms with Crippen LogP contribution >= 0.6 is 11.8 Å². The topological polar surface area (TPSA) is 59.0 Å². The molecule has 5 nitrogen and oxygen atoms in total. The molecule has 2 amide bonds. The number of nitrogens with zero attached hydrogens (tertiary/aromatic N) is 2. The van der Waals surface area contributed by atoms with Gasteiger partial charge in [0.25, 0.3) is 0 Å². The highest BCUT2D eigenvalue weighted by molar-refractivity contribution is 7.99. The minimum absolute atomic E-state index is 0.229. The van der Waals surface area contributed by atoms with E-state index in [1.165, 1.54) is 12.1 Å². The Bertz CT molecular complexity index is 627. The SMILES string of the molecule is Cc1cc(NC(=O)NCCCSc2ccc(F)cc2)n(C)n1. The predicted octanol–water partition coefficient (Wildman–Crippen LogP) is 3.17. The number of amides is 2. The fraction of sp³-hybridized carbons (Fsp3) is 0.333. The number of benzene rings is 1. The van der Waals surface area contributed by atoms with E-state index >= 15 is 0 Å². The molecule has 2 N–H and O–H groups in total. The van der Waals surface area contributed by atoms with Crippen molar-refractivity contribution in [2.24, 2.45) is 7.05 Å². The molecule has 0 fully saturated rings. The van der Waals surface area contributed by atoms with Gasteiger partial charge in [-0.3, -0.25) is 10.00 Å². The number of carbonyl (C=O) groups excluding carboxylic acids is 1. The number of urea groups is 1. The third-order valence-corrected chi connectivity index (χ3v) is 4.03. The Morgan fingerprint density at radius 2 is 2.09 bits per heavy atom. The monoisotopic (exact) mass is 322 g/mol. The molecule has 0 bridgehead atoms. The summed E-state index contributed by atoms with van der Waals surface area (Å²) in [5.41, 5.74) is 0.855. The van der Waals surface area contributed by atoms with E-state index in [-0.39, 0.29) is 11.8 Å². The molecule has 0 atom stereocenters. The Balaban J connectivity index is 1.63. The molecule has 2 rings (SSSR count). The van der Waals surface area contributed by atoms with Gasteiger partial charge in [0.05, 0.1) is 5.69 Å². The molecule has 7 heteroatoms. The average Bonchev–Trinajstić information content (AvgIpc) is 2.78. The van der Waals surface area contributed by atoms with Crippen LogP contribution in [0.4, 0.5) is 15.0 Å². The van der Waals surface area contributed by atoms with E-state index in [9.17, 15) is 9.18 Å². The van der Waals surface area contributed by atoms with Crippen LogP contribution in [0.2, 0.25) is 0 Å². The first-order valence-electron chi connectivity index (χ1n) is 6.98. The van der Waals surface area contributed by atoms with E-state index in [4.69, 9.17) is 0 Å². The molecule has 2 aromatic rings. The number of rotatable bonds is 6. The Hall–Kier alpha value is -2.02. The van der Waals surface area contributed by atoms with Crippen LogP contribution in [0.5, 0.6) is 0 Å². The highest BCUT2D eigenvalue weighted by Gasteiger charge is 2.05. The van der Waals surface area contributed by atoms with Gasteiger partial charge < -0.3 is 5.32 Å². The molecule has 1 aromatic carbocycles. The van der Waals surface area contributed by atoms with Crippen LogP contribution in [-0.4, -0.2) is 28.1 Å². The Kier molecular flexibility index (Phi) is 5.83. The van der Waals surface area contributed by atoms with Crippen molar-refractivity contribution in [3.8, 4) is 0 Å². The first kappa shape index (κ1) is 16.4. The normalized spacial score (nSPS) is 10.5. The quantitative estimate of drug-likeness (QED) is 0.634. The van der Waals surface area contributed by atoms with Gasteiger partial charge >= 0.3 is 6.03 Å². The van der Waals surface area contributed by atoms with E-state index in [0.29, 0.717) is 12.4 Å². The zero-order valence-electron chi connectivity index (χ0n) is 12.6. The van der Waals surface area contributed by atoms with E-state index in [1.54, 1.807) is 35.6 Å². The standard InChI is InChI=1S/C15H19FN4OS/c1-11-10-14(20(2)19-11)18-15(21)17-8-3-9-22-13-6-4-12(16)5-7-13/h4-7,10H,3,8-9H2,1-2H3,(H2,17,18,21). The molecule has 0 aliphatic heterocycles. The Labute approximate surface area is 133 Å². The zero-order valence-corrected chi connectivity index (χ0v) is 13.4. The molecule has 0 unspecified atom stereocenters. The van der Waals surface area contributed by atoms with Crippen molar-refractivity contribution in [2.75, 3.05) is 17.6 Å². The Morgan fingerprint density at radius 3 is 2.73 bits per heavy atom. The van der Waals surface area contributed by atoms with Crippen LogP contribution in [0.1, 0.15) is 12.1 Å². The molecule has 118 valence electrons. The second-order valence-electron chi connectivity index (χ2n) is 4.83. The molecule has 1 aromatic heterocycles. The smallest absolute Gasteiger partial charge is 0.320 e. The minimum atomic E-state index is -0.241. The number of carbonyl (C=O) groups is 1. The fourth-order valence-electron chi connectivity index (χ4n) is 1.88. The molecule has 0 spiro atoms. The number of nitrogens with one attached hydrogen (secondary N) is 2. The van der Waals surface area contributed by atoms with Crippen molar-refractivity contribution in [1.29, 1.82) is 0 Å². The fourth-order valence-corrected chi connectivity index (χ4v) is 2.74. The van der Waals surface area contributed by atoms with Crippen molar-refractivity contribution in [1.82, 2.24) is 15.1 Å². The maximum absolute atomic E-state index is 12.8. The maximum atomic E-state index is 12.8. The van der Waals surface area contributed by atoms with Crippen molar-refractivity contribution in [2.45, 2.75) is 18.2 Å². The summed E-state index contributed by atoms with van der Waals surface area (Å²) in [6.45, 7) is 2.45. The number of hydrogen-bond donors (Lipinski definition) is 2. The summed E-state index contributed by atoms with van der Waals surface area (Å²) in [5, 5.41) is 9.70. The van der Waals surface area contributed by atoms with Gasteiger partial charge in [-0.15, -0.1) is 11.8 Å². The van der Waals surface area contributed by atoms with Gasteiger partial charge in [-0.05, 0) is 43.4 Å². The van der Waals surface area contributed by atoms with Crippen LogP contribution in [0.25, 0.3) is 0 Å². The predicted molar refractivity (Wildman–Crippen MR) is 86.7 cm³/mol. The minimum Gasteiger partial charge on any atom is -0.338 e.